The predicted molar refractivity (Wildman–Crippen MR) is 89.7 cm³/mol. The van der Waals surface area contributed by atoms with Gasteiger partial charge < -0.3 is 9.90 Å². The fourth-order valence-electron chi connectivity index (χ4n) is 2.26. The average Bonchev–Trinajstić information content (AvgIpc) is 3.15. The summed E-state index contributed by atoms with van der Waals surface area (Å²) < 4.78 is 28.8. The summed E-state index contributed by atoms with van der Waals surface area (Å²) in [6, 6.07) is 12.6. The van der Waals surface area contributed by atoms with Gasteiger partial charge in [0, 0.05) is 11.7 Å². The van der Waals surface area contributed by atoms with Crippen molar-refractivity contribution in [2.75, 3.05) is 4.72 Å². The number of nitrogens with zero attached hydrogens (tertiary/aromatic N) is 4. The highest BCUT2D eigenvalue weighted by atomic mass is 32.2. The van der Waals surface area contributed by atoms with E-state index in [9.17, 15) is 18.3 Å². The third kappa shape index (κ3) is 4.22. The van der Waals surface area contributed by atoms with Crippen LogP contribution in [0.15, 0.2) is 59.8 Å². The minimum absolute atomic E-state index is 0.0826. The zero-order valence-electron chi connectivity index (χ0n) is 13.4. The van der Waals surface area contributed by atoms with Crippen LogP contribution in [0.25, 0.3) is 5.69 Å². The van der Waals surface area contributed by atoms with Crippen LogP contribution in [-0.2, 0) is 21.2 Å². The first-order chi connectivity index (χ1) is 12.4. The van der Waals surface area contributed by atoms with Gasteiger partial charge in [0.2, 0.25) is 0 Å². The van der Waals surface area contributed by atoms with Gasteiger partial charge in [0.25, 0.3) is 10.0 Å². The summed E-state index contributed by atoms with van der Waals surface area (Å²) in [5.41, 5.74) is 1.80. The number of rotatable bonds is 7. The van der Waals surface area contributed by atoms with Crippen LogP contribution in [0.3, 0.4) is 0 Å². The minimum Gasteiger partial charge on any atom is -0.550 e. The normalized spacial score (nSPS) is 11.2. The summed E-state index contributed by atoms with van der Waals surface area (Å²) in [5, 5.41) is 21.3. The lowest BCUT2D eigenvalue weighted by molar-refractivity contribution is -0.305. The number of aromatic nitrogens is 4. The van der Waals surface area contributed by atoms with Gasteiger partial charge in [-0.05, 0) is 65.2 Å². The number of nitrogens with one attached hydrogen (secondary N) is 1. The molecule has 0 saturated heterocycles. The number of benzene rings is 2. The maximum absolute atomic E-state index is 12.4. The number of sulfonamides is 1. The van der Waals surface area contributed by atoms with Crippen LogP contribution in [-0.4, -0.2) is 34.6 Å². The molecule has 1 aromatic heterocycles. The van der Waals surface area contributed by atoms with Crippen LogP contribution >= 0.6 is 0 Å². The Kier molecular flexibility index (Phi) is 4.94. The Morgan fingerprint density at radius 1 is 1.08 bits per heavy atom. The quantitative estimate of drug-likeness (QED) is 0.624. The standard InChI is InChI=1S/C16H15N5O4S/c22-16(23)10-3-12-1-8-15(9-2-12)26(24,25)18-13-4-6-14(7-5-13)21-11-17-19-20-21/h1-2,4-9,11,18H,3,10H2,(H,22,23)/p-1. The molecule has 26 heavy (non-hydrogen) atoms. The van der Waals surface area contributed by atoms with E-state index in [2.05, 4.69) is 20.2 Å². The van der Waals surface area contributed by atoms with E-state index >= 15 is 0 Å². The fourth-order valence-corrected chi connectivity index (χ4v) is 3.32. The van der Waals surface area contributed by atoms with Gasteiger partial charge in [0.1, 0.15) is 6.33 Å². The smallest absolute Gasteiger partial charge is 0.261 e. The highest BCUT2D eigenvalue weighted by molar-refractivity contribution is 7.92. The number of carbonyl (C=O) groups is 1. The third-order valence-corrected chi connectivity index (χ3v) is 4.98. The number of hydrogen-bond acceptors (Lipinski definition) is 7. The summed E-state index contributed by atoms with van der Waals surface area (Å²) in [7, 11) is -3.75. The van der Waals surface area contributed by atoms with Crippen LogP contribution in [0.4, 0.5) is 5.69 Å². The molecule has 0 amide bonds. The molecule has 0 unspecified atom stereocenters. The maximum atomic E-state index is 12.4. The topological polar surface area (TPSA) is 130 Å². The van der Waals surface area contributed by atoms with E-state index in [0.29, 0.717) is 11.4 Å². The molecule has 0 radical (unpaired) electrons. The van der Waals surface area contributed by atoms with Crippen LogP contribution in [0, 0.1) is 0 Å². The molecule has 0 atom stereocenters. The second kappa shape index (κ2) is 7.31. The first-order valence-electron chi connectivity index (χ1n) is 7.59. The molecule has 10 heteroatoms. The van der Waals surface area contributed by atoms with Crippen molar-refractivity contribution in [2.24, 2.45) is 0 Å². The van der Waals surface area contributed by atoms with E-state index < -0.39 is 16.0 Å². The van der Waals surface area contributed by atoms with Gasteiger partial charge >= 0.3 is 0 Å². The second-order valence-corrected chi connectivity index (χ2v) is 7.11. The van der Waals surface area contributed by atoms with Crippen LogP contribution in [0.2, 0.25) is 0 Å². The van der Waals surface area contributed by atoms with Crippen LogP contribution < -0.4 is 9.83 Å². The van der Waals surface area contributed by atoms with Crippen molar-refractivity contribution in [3.8, 4) is 5.69 Å². The van der Waals surface area contributed by atoms with E-state index in [4.69, 9.17) is 0 Å². The molecule has 0 aliphatic carbocycles. The lowest BCUT2D eigenvalue weighted by Gasteiger charge is -2.10. The van der Waals surface area contributed by atoms with E-state index in [-0.39, 0.29) is 17.7 Å². The molecule has 0 aliphatic rings. The van der Waals surface area contributed by atoms with Crippen molar-refractivity contribution in [2.45, 2.75) is 17.7 Å². The summed E-state index contributed by atoms with van der Waals surface area (Å²) >= 11 is 0. The van der Waals surface area contributed by atoms with Crippen LogP contribution in [0.1, 0.15) is 12.0 Å². The molecular weight excluding hydrogens is 358 g/mol. The molecule has 0 spiro atoms. The van der Waals surface area contributed by atoms with Gasteiger partial charge in [-0.15, -0.1) is 5.10 Å². The number of tetrazole rings is 1. The third-order valence-electron chi connectivity index (χ3n) is 3.58. The Bertz CT molecular complexity index is 984. The monoisotopic (exact) mass is 372 g/mol. The molecule has 1 heterocycles. The number of anilines is 1. The lowest BCUT2D eigenvalue weighted by atomic mass is 10.1. The number of carboxylic acids is 1. The molecule has 0 bridgehead atoms. The second-order valence-electron chi connectivity index (χ2n) is 5.42. The highest BCUT2D eigenvalue weighted by Gasteiger charge is 2.14. The first kappa shape index (κ1) is 17.5. The van der Waals surface area contributed by atoms with Gasteiger partial charge in [0.15, 0.2) is 0 Å². The molecule has 3 aromatic rings. The Labute approximate surface area is 149 Å². The molecule has 1 N–H and O–H groups in total. The Balaban J connectivity index is 1.71. The molecule has 3 rings (SSSR count). The van der Waals surface area contributed by atoms with Crippen molar-refractivity contribution < 1.29 is 18.3 Å². The van der Waals surface area contributed by atoms with Gasteiger partial charge in [-0.1, -0.05) is 12.1 Å². The zero-order valence-corrected chi connectivity index (χ0v) is 14.3. The molecule has 0 fully saturated rings. The van der Waals surface area contributed by atoms with Crippen molar-refractivity contribution in [3.05, 3.63) is 60.4 Å². The maximum Gasteiger partial charge on any atom is 0.261 e. The number of aryl methyl sites for hydroxylation is 1. The average molecular weight is 372 g/mol. The predicted octanol–water partition coefficient (Wildman–Crippen LogP) is 0.146. The summed E-state index contributed by atoms with van der Waals surface area (Å²) in [4.78, 5) is 10.6. The minimum atomic E-state index is -3.75. The zero-order chi connectivity index (χ0) is 18.6. The number of hydrogen-bond donors (Lipinski definition) is 1. The van der Waals surface area contributed by atoms with E-state index in [1.165, 1.54) is 23.1 Å². The van der Waals surface area contributed by atoms with E-state index in [1.807, 2.05) is 0 Å². The first-order valence-corrected chi connectivity index (χ1v) is 9.07. The molecule has 0 saturated carbocycles. The van der Waals surface area contributed by atoms with Gasteiger partial charge in [-0.2, -0.15) is 0 Å². The van der Waals surface area contributed by atoms with E-state index in [0.717, 1.165) is 5.56 Å². The molecular formula is C16H14N5O4S-. The number of carbonyl (C=O) groups excluding carboxylic acids is 1. The van der Waals surface area contributed by atoms with Gasteiger partial charge in [-0.25, -0.2) is 13.1 Å². The fraction of sp³-hybridized carbons (Fsp3) is 0.125. The SMILES string of the molecule is O=C([O-])CCc1ccc(S(=O)(=O)Nc2ccc(-n3cnnn3)cc2)cc1. The molecule has 2 aromatic carbocycles. The van der Waals surface area contributed by atoms with Gasteiger partial charge in [0.05, 0.1) is 10.6 Å². The molecule has 9 nitrogen and oxygen atoms in total. The van der Waals surface area contributed by atoms with E-state index in [1.54, 1.807) is 36.4 Å². The van der Waals surface area contributed by atoms with Crippen molar-refractivity contribution in [3.63, 3.8) is 0 Å². The summed E-state index contributed by atoms with van der Waals surface area (Å²) in [5.74, 6) is -1.14. The highest BCUT2D eigenvalue weighted by Crippen LogP contribution is 2.18. The Morgan fingerprint density at radius 2 is 1.77 bits per heavy atom. The van der Waals surface area contributed by atoms with Gasteiger partial charge in [-0.3, -0.25) is 4.72 Å². The Hall–Kier alpha value is -3.27. The molecule has 134 valence electrons. The Morgan fingerprint density at radius 3 is 2.35 bits per heavy atom. The van der Waals surface area contributed by atoms with Crippen molar-refractivity contribution in [1.82, 2.24) is 20.2 Å². The summed E-state index contributed by atoms with van der Waals surface area (Å²) in [6.45, 7) is 0. The lowest BCUT2D eigenvalue weighted by Crippen LogP contribution is -2.22. The largest absolute Gasteiger partial charge is 0.550 e. The van der Waals surface area contributed by atoms with Crippen molar-refractivity contribution in [1.29, 1.82) is 0 Å². The van der Waals surface area contributed by atoms with Crippen LogP contribution in [0.5, 0.6) is 0 Å². The molecule has 0 aliphatic heterocycles. The number of carboxylic acid groups (broad SMARTS) is 1. The van der Waals surface area contributed by atoms with Crippen molar-refractivity contribution >= 4 is 21.7 Å². The summed E-state index contributed by atoms with van der Waals surface area (Å²) in [6.07, 6.45) is 1.60. The number of aliphatic carboxylic acids is 1.